The van der Waals surface area contributed by atoms with Crippen LogP contribution >= 0.6 is 27.3 Å². The number of thiophene rings is 1. The minimum absolute atomic E-state index is 0.116. The Hall–Kier alpha value is -1.000. The van der Waals surface area contributed by atoms with Crippen LogP contribution in [0.2, 0.25) is 0 Å². The highest BCUT2D eigenvalue weighted by atomic mass is 79.9. The molecule has 0 N–H and O–H groups in total. The fourth-order valence-corrected chi connectivity index (χ4v) is 2.90. The molecule has 0 aliphatic heterocycles. The minimum Gasteiger partial charge on any atom is -0.294 e. The van der Waals surface area contributed by atoms with Crippen molar-refractivity contribution in [2.75, 3.05) is 0 Å². The van der Waals surface area contributed by atoms with Gasteiger partial charge in [0.1, 0.15) is 0 Å². The highest BCUT2D eigenvalue weighted by Gasteiger charge is 2.09. The number of aryl methyl sites for hydroxylation is 1. The van der Waals surface area contributed by atoms with Gasteiger partial charge in [0.2, 0.25) is 0 Å². The first-order valence-corrected chi connectivity index (χ1v) is 6.45. The quantitative estimate of drug-likeness (QED) is 0.809. The number of halogens is 1. The summed E-state index contributed by atoms with van der Waals surface area (Å²) < 4.78 is 1.05. The van der Waals surface area contributed by atoms with E-state index in [2.05, 4.69) is 20.9 Å². The Labute approximate surface area is 106 Å². The molecule has 2 aromatic rings. The third-order valence-electron chi connectivity index (χ3n) is 2.16. The molecule has 0 bridgehead atoms. The van der Waals surface area contributed by atoms with E-state index >= 15 is 0 Å². The fourth-order valence-electron chi connectivity index (χ4n) is 1.41. The number of hydrogen-bond acceptors (Lipinski definition) is 3. The highest BCUT2D eigenvalue weighted by Crippen LogP contribution is 2.23. The summed E-state index contributed by atoms with van der Waals surface area (Å²) >= 11 is 4.98. The van der Waals surface area contributed by atoms with Gasteiger partial charge in [-0.3, -0.25) is 9.78 Å². The predicted octanol–water partition coefficient (Wildman–Crippen LogP) is 3.64. The van der Waals surface area contributed by atoms with E-state index in [4.69, 9.17) is 0 Å². The van der Waals surface area contributed by atoms with E-state index in [-0.39, 0.29) is 5.78 Å². The van der Waals surface area contributed by atoms with Gasteiger partial charge in [0, 0.05) is 29.3 Å². The van der Waals surface area contributed by atoms with Crippen molar-refractivity contribution in [2.24, 2.45) is 0 Å². The Morgan fingerprint density at radius 1 is 1.44 bits per heavy atom. The number of aromatic nitrogens is 1. The van der Waals surface area contributed by atoms with Gasteiger partial charge in [-0.05, 0) is 46.6 Å². The summed E-state index contributed by atoms with van der Waals surface area (Å²) in [5, 5.41) is 0. The Bertz CT molecular complexity index is 521. The zero-order valence-corrected chi connectivity index (χ0v) is 11.1. The number of carbonyl (C=O) groups is 1. The molecule has 0 radical (unpaired) electrons. The van der Waals surface area contributed by atoms with E-state index in [1.807, 2.05) is 25.1 Å². The molecule has 0 unspecified atom stereocenters. The third-order valence-corrected chi connectivity index (χ3v) is 3.78. The molecule has 4 heteroatoms. The van der Waals surface area contributed by atoms with Crippen molar-refractivity contribution in [3.05, 3.63) is 50.4 Å². The van der Waals surface area contributed by atoms with Crippen molar-refractivity contribution in [2.45, 2.75) is 13.3 Å². The van der Waals surface area contributed by atoms with Crippen molar-refractivity contribution in [1.82, 2.24) is 4.98 Å². The summed E-state index contributed by atoms with van der Waals surface area (Å²) in [7, 11) is 0. The number of rotatable bonds is 3. The Balaban J connectivity index is 2.14. The van der Waals surface area contributed by atoms with Gasteiger partial charge >= 0.3 is 0 Å². The first-order valence-electron chi connectivity index (χ1n) is 4.84. The molecule has 0 aliphatic rings. The maximum Gasteiger partial charge on any atom is 0.169 e. The SMILES string of the molecule is Cc1cncc(C(=O)Cc2ccc(Br)s2)c1. The van der Waals surface area contributed by atoms with Crippen molar-refractivity contribution in [1.29, 1.82) is 0 Å². The van der Waals surface area contributed by atoms with E-state index in [1.54, 1.807) is 23.7 Å². The lowest BCUT2D eigenvalue weighted by Crippen LogP contribution is -2.03. The van der Waals surface area contributed by atoms with Crippen LogP contribution in [0, 0.1) is 6.92 Å². The highest BCUT2D eigenvalue weighted by molar-refractivity contribution is 9.11. The van der Waals surface area contributed by atoms with Gasteiger partial charge in [0.15, 0.2) is 5.78 Å². The standard InChI is InChI=1S/C12H10BrNOS/c1-8-4-9(7-14-6-8)11(15)5-10-2-3-12(13)16-10/h2-4,6-7H,5H2,1H3. The molecule has 82 valence electrons. The first-order chi connectivity index (χ1) is 7.65. The van der Waals surface area contributed by atoms with Gasteiger partial charge in [-0.25, -0.2) is 0 Å². The van der Waals surface area contributed by atoms with E-state index in [0.29, 0.717) is 12.0 Å². The van der Waals surface area contributed by atoms with Gasteiger partial charge in [0.05, 0.1) is 3.79 Å². The summed E-state index contributed by atoms with van der Waals surface area (Å²) in [5.41, 5.74) is 1.70. The van der Waals surface area contributed by atoms with Crippen LogP contribution in [0.15, 0.2) is 34.4 Å². The van der Waals surface area contributed by atoms with Gasteiger partial charge in [-0.2, -0.15) is 0 Å². The maximum atomic E-state index is 11.9. The number of ketones is 1. The second kappa shape index (κ2) is 4.89. The zero-order valence-electron chi connectivity index (χ0n) is 8.74. The molecule has 0 amide bonds. The molecule has 2 aromatic heterocycles. The predicted molar refractivity (Wildman–Crippen MR) is 69.0 cm³/mol. The van der Waals surface area contributed by atoms with Gasteiger partial charge in [0.25, 0.3) is 0 Å². The van der Waals surface area contributed by atoms with Gasteiger partial charge in [-0.1, -0.05) is 0 Å². The van der Waals surface area contributed by atoms with Gasteiger partial charge < -0.3 is 0 Å². The van der Waals surface area contributed by atoms with E-state index in [0.717, 1.165) is 14.2 Å². The molecule has 16 heavy (non-hydrogen) atoms. The number of hydrogen-bond donors (Lipinski definition) is 0. The number of nitrogens with zero attached hydrogens (tertiary/aromatic N) is 1. The molecule has 2 nitrogen and oxygen atoms in total. The van der Waals surface area contributed by atoms with Crippen LogP contribution in [0.25, 0.3) is 0 Å². The summed E-state index contributed by atoms with van der Waals surface area (Å²) in [6.07, 6.45) is 3.82. The monoisotopic (exact) mass is 295 g/mol. The molecule has 2 rings (SSSR count). The van der Waals surface area contributed by atoms with E-state index < -0.39 is 0 Å². The van der Waals surface area contributed by atoms with E-state index in [1.165, 1.54) is 0 Å². The average molecular weight is 296 g/mol. The smallest absolute Gasteiger partial charge is 0.169 e. The largest absolute Gasteiger partial charge is 0.294 e. The van der Waals surface area contributed by atoms with Crippen LogP contribution in [0.1, 0.15) is 20.8 Å². The maximum absolute atomic E-state index is 11.9. The minimum atomic E-state index is 0.116. The van der Waals surface area contributed by atoms with Crippen LogP contribution in [-0.4, -0.2) is 10.8 Å². The lowest BCUT2D eigenvalue weighted by atomic mass is 10.1. The first kappa shape index (κ1) is 11.5. The van der Waals surface area contributed by atoms with E-state index in [9.17, 15) is 4.79 Å². The summed E-state index contributed by atoms with van der Waals surface area (Å²) in [6, 6.07) is 5.80. The van der Waals surface area contributed by atoms with Crippen LogP contribution in [0.3, 0.4) is 0 Å². The van der Waals surface area contributed by atoms with Crippen LogP contribution in [-0.2, 0) is 6.42 Å². The molecule has 0 atom stereocenters. The second-order valence-electron chi connectivity index (χ2n) is 3.56. The fraction of sp³-hybridized carbons (Fsp3) is 0.167. The summed E-state index contributed by atoms with van der Waals surface area (Å²) in [4.78, 5) is 17.0. The lowest BCUT2D eigenvalue weighted by molar-refractivity contribution is 0.0993. The second-order valence-corrected chi connectivity index (χ2v) is 6.10. The van der Waals surface area contributed by atoms with Gasteiger partial charge in [-0.15, -0.1) is 11.3 Å². The molecule has 0 aromatic carbocycles. The zero-order chi connectivity index (χ0) is 11.5. The Morgan fingerprint density at radius 3 is 2.88 bits per heavy atom. The summed E-state index contributed by atoms with van der Waals surface area (Å²) in [6.45, 7) is 1.94. The van der Waals surface area contributed by atoms with Crippen LogP contribution in [0.4, 0.5) is 0 Å². The molecule has 0 saturated carbocycles. The molecule has 0 spiro atoms. The third kappa shape index (κ3) is 2.77. The normalized spacial score (nSPS) is 10.4. The Kier molecular flexibility index (Phi) is 3.51. The van der Waals surface area contributed by atoms with Crippen molar-refractivity contribution < 1.29 is 4.79 Å². The molecular formula is C12H10BrNOS. The van der Waals surface area contributed by atoms with Crippen molar-refractivity contribution >= 4 is 33.0 Å². The summed E-state index contributed by atoms with van der Waals surface area (Å²) in [5.74, 6) is 0.116. The lowest BCUT2D eigenvalue weighted by Gasteiger charge is -1.99. The topological polar surface area (TPSA) is 30.0 Å². The molecule has 2 heterocycles. The number of Topliss-reactive ketones (excluding diaryl/α,β-unsaturated/α-hetero) is 1. The molecular weight excluding hydrogens is 286 g/mol. The molecule has 0 saturated heterocycles. The molecule has 0 fully saturated rings. The van der Waals surface area contributed by atoms with Crippen LogP contribution in [0.5, 0.6) is 0 Å². The number of pyridine rings is 1. The molecule has 0 aliphatic carbocycles. The average Bonchev–Trinajstić information content (AvgIpc) is 2.64. The Morgan fingerprint density at radius 2 is 2.25 bits per heavy atom. The van der Waals surface area contributed by atoms with Crippen LogP contribution < -0.4 is 0 Å². The van der Waals surface area contributed by atoms with Crippen molar-refractivity contribution in [3.63, 3.8) is 0 Å². The number of carbonyl (C=O) groups excluding carboxylic acids is 1. The van der Waals surface area contributed by atoms with Crippen molar-refractivity contribution in [3.8, 4) is 0 Å².